The van der Waals surface area contributed by atoms with Crippen molar-refractivity contribution in [2.45, 2.75) is 45.2 Å². The Morgan fingerprint density at radius 2 is 1.96 bits per heavy atom. The first-order valence-corrected chi connectivity index (χ1v) is 9.11. The lowest BCUT2D eigenvalue weighted by Crippen LogP contribution is -2.52. The van der Waals surface area contributed by atoms with E-state index in [0.717, 1.165) is 5.56 Å². The number of piperidine rings is 1. The van der Waals surface area contributed by atoms with Crippen LogP contribution in [0.4, 0.5) is 5.69 Å². The van der Waals surface area contributed by atoms with E-state index in [1.165, 1.54) is 4.90 Å². The highest BCUT2D eigenvalue weighted by molar-refractivity contribution is 6.06. The Labute approximate surface area is 156 Å². The van der Waals surface area contributed by atoms with Gasteiger partial charge in [0.1, 0.15) is 6.04 Å². The zero-order chi connectivity index (χ0) is 19.2. The van der Waals surface area contributed by atoms with Gasteiger partial charge in [-0.05, 0) is 37.0 Å². The second-order valence-electron chi connectivity index (χ2n) is 7.67. The maximum atomic E-state index is 12.8. The Balaban J connectivity index is 1.51. The van der Waals surface area contributed by atoms with E-state index in [0.29, 0.717) is 37.1 Å². The Morgan fingerprint density at radius 3 is 2.67 bits per heavy atom. The van der Waals surface area contributed by atoms with Gasteiger partial charge in [-0.15, -0.1) is 0 Å². The molecule has 0 aromatic heterocycles. The van der Waals surface area contributed by atoms with E-state index >= 15 is 0 Å². The molecule has 2 N–H and O–H groups in total. The van der Waals surface area contributed by atoms with Crippen LogP contribution in [0, 0.1) is 5.41 Å². The Morgan fingerprint density at radius 1 is 1.22 bits per heavy atom. The zero-order valence-corrected chi connectivity index (χ0v) is 15.1. The summed E-state index contributed by atoms with van der Waals surface area (Å²) in [5.41, 5.74) is 1.43. The van der Waals surface area contributed by atoms with Crippen molar-refractivity contribution in [1.82, 2.24) is 10.2 Å². The van der Waals surface area contributed by atoms with Crippen molar-refractivity contribution in [2.75, 3.05) is 5.32 Å². The molecule has 0 spiro atoms. The fourth-order valence-electron chi connectivity index (χ4n) is 3.87. The summed E-state index contributed by atoms with van der Waals surface area (Å²) in [4.78, 5) is 50.3. The van der Waals surface area contributed by atoms with E-state index in [9.17, 15) is 19.2 Å². The van der Waals surface area contributed by atoms with Crippen LogP contribution in [0.15, 0.2) is 30.4 Å². The van der Waals surface area contributed by atoms with Crippen LogP contribution in [-0.2, 0) is 20.9 Å². The molecule has 1 aromatic carbocycles. The first kappa shape index (κ1) is 17.5. The number of rotatable bonds is 3. The van der Waals surface area contributed by atoms with Gasteiger partial charge in [0.2, 0.25) is 17.7 Å². The Hall–Kier alpha value is -2.96. The summed E-state index contributed by atoms with van der Waals surface area (Å²) >= 11 is 0. The molecule has 1 atom stereocenters. The largest absolute Gasteiger partial charge is 0.326 e. The molecule has 2 heterocycles. The number of benzene rings is 1. The number of amides is 4. The van der Waals surface area contributed by atoms with Gasteiger partial charge in [-0.2, -0.15) is 0 Å². The Bertz CT molecular complexity index is 881. The SMILES string of the molecule is CC1(C(=O)Nc2ccc3c(c2)C(=O)N(C2CCC(=O)NC2=O)C3)CC=CC1. The molecule has 0 radical (unpaired) electrons. The molecule has 140 valence electrons. The summed E-state index contributed by atoms with van der Waals surface area (Å²) in [6.07, 6.45) is 5.97. The van der Waals surface area contributed by atoms with E-state index in [2.05, 4.69) is 10.6 Å². The third-order valence-electron chi connectivity index (χ3n) is 5.64. The fourth-order valence-corrected chi connectivity index (χ4v) is 3.87. The number of nitrogens with zero attached hydrogens (tertiary/aromatic N) is 1. The van der Waals surface area contributed by atoms with Crippen LogP contribution in [0.3, 0.4) is 0 Å². The van der Waals surface area contributed by atoms with Crippen molar-refractivity contribution in [1.29, 1.82) is 0 Å². The highest BCUT2D eigenvalue weighted by Gasteiger charge is 2.39. The number of anilines is 1. The minimum absolute atomic E-state index is 0.0695. The van der Waals surface area contributed by atoms with Crippen molar-refractivity contribution in [3.63, 3.8) is 0 Å². The standard InChI is InChI=1S/C20H21N3O4/c1-20(8-2-3-9-20)19(27)21-13-5-4-12-11-23(18(26)14(12)10-13)15-6-7-16(24)22-17(15)25/h2-5,10,15H,6-9,11H2,1H3,(H,21,27)(H,22,24,25). The quantitative estimate of drug-likeness (QED) is 0.628. The number of imide groups is 1. The molecule has 0 saturated carbocycles. The number of carbonyl (C=O) groups excluding carboxylic acids is 4. The number of hydrogen-bond acceptors (Lipinski definition) is 4. The highest BCUT2D eigenvalue weighted by atomic mass is 16.2. The second-order valence-corrected chi connectivity index (χ2v) is 7.67. The number of hydrogen-bond donors (Lipinski definition) is 2. The second kappa shape index (κ2) is 6.33. The van der Waals surface area contributed by atoms with Gasteiger partial charge < -0.3 is 10.2 Å². The van der Waals surface area contributed by atoms with Gasteiger partial charge in [0, 0.05) is 24.2 Å². The van der Waals surface area contributed by atoms with Crippen LogP contribution >= 0.6 is 0 Å². The average Bonchev–Trinajstić information content (AvgIpc) is 3.21. The topological polar surface area (TPSA) is 95.6 Å². The normalized spacial score (nSPS) is 23.4. The van der Waals surface area contributed by atoms with Crippen LogP contribution in [0.1, 0.15) is 48.5 Å². The third kappa shape index (κ3) is 3.03. The first-order valence-electron chi connectivity index (χ1n) is 9.11. The van der Waals surface area contributed by atoms with Crippen molar-refractivity contribution >= 4 is 29.3 Å². The third-order valence-corrected chi connectivity index (χ3v) is 5.64. The summed E-state index contributed by atoms with van der Waals surface area (Å²) in [7, 11) is 0. The molecule has 3 aliphatic rings. The molecule has 0 bridgehead atoms. The molecule has 2 aliphatic heterocycles. The van der Waals surface area contributed by atoms with Crippen molar-refractivity contribution in [3.05, 3.63) is 41.5 Å². The first-order chi connectivity index (χ1) is 12.9. The van der Waals surface area contributed by atoms with Gasteiger partial charge >= 0.3 is 0 Å². The van der Waals surface area contributed by atoms with Crippen molar-refractivity contribution < 1.29 is 19.2 Å². The molecule has 4 rings (SSSR count). The monoisotopic (exact) mass is 367 g/mol. The van der Waals surface area contributed by atoms with Gasteiger partial charge in [-0.3, -0.25) is 24.5 Å². The van der Waals surface area contributed by atoms with Gasteiger partial charge in [0.05, 0.1) is 5.41 Å². The lowest BCUT2D eigenvalue weighted by Gasteiger charge is -2.29. The van der Waals surface area contributed by atoms with E-state index in [-0.39, 0.29) is 24.1 Å². The van der Waals surface area contributed by atoms with Crippen molar-refractivity contribution in [2.24, 2.45) is 5.41 Å². The molecule has 1 aliphatic carbocycles. The summed E-state index contributed by atoms with van der Waals surface area (Å²) in [5.74, 6) is -1.05. The smallest absolute Gasteiger partial charge is 0.255 e. The molecule has 4 amide bonds. The van der Waals surface area contributed by atoms with Crippen LogP contribution in [0.5, 0.6) is 0 Å². The number of nitrogens with one attached hydrogen (secondary N) is 2. The fraction of sp³-hybridized carbons (Fsp3) is 0.400. The van der Waals surface area contributed by atoms with Gasteiger partial charge in [-0.25, -0.2) is 0 Å². The number of allylic oxidation sites excluding steroid dienone is 2. The maximum absolute atomic E-state index is 12.8. The number of carbonyl (C=O) groups is 4. The molecular formula is C20H21N3O4. The van der Waals surface area contributed by atoms with Crippen LogP contribution < -0.4 is 10.6 Å². The van der Waals surface area contributed by atoms with Gasteiger partial charge in [0.25, 0.3) is 5.91 Å². The highest BCUT2D eigenvalue weighted by Crippen LogP contribution is 2.35. The molecule has 1 unspecified atom stereocenters. The van der Waals surface area contributed by atoms with Gasteiger partial charge in [-0.1, -0.05) is 25.1 Å². The predicted octanol–water partition coefficient (Wildman–Crippen LogP) is 1.74. The predicted molar refractivity (Wildman–Crippen MR) is 97.6 cm³/mol. The maximum Gasteiger partial charge on any atom is 0.255 e. The summed E-state index contributed by atoms with van der Waals surface area (Å²) in [6, 6.07) is 4.63. The van der Waals surface area contributed by atoms with E-state index in [1.54, 1.807) is 12.1 Å². The minimum Gasteiger partial charge on any atom is -0.326 e. The minimum atomic E-state index is -0.635. The molecule has 27 heavy (non-hydrogen) atoms. The summed E-state index contributed by atoms with van der Waals surface area (Å²) in [6.45, 7) is 2.25. The van der Waals surface area contributed by atoms with Crippen LogP contribution in [0.25, 0.3) is 0 Å². The lowest BCUT2D eigenvalue weighted by atomic mass is 9.87. The summed E-state index contributed by atoms with van der Waals surface area (Å²) < 4.78 is 0. The van der Waals surface area contributed by atoms with E-state index in [1.807, 2.05) is 25.1 Å². The molecule has 1 fully saturated rings. The van der Waals surface area contributed by atoms with Crippen LogP contribution in [0.2, 0.25) is 0 Å². The van der Waals surface area contributed by atoms with Crippen molar-refractivity contribution in [3.8, 4) is 0 Å². The molecule has 1 aromatic rings. The lowest BCUT2D eigenvalue weighted by molar-refractivity contribution is -0.137. The average molecular weight is 367 g/mol. The van der Waals surface area contributed by atoms with Crippen LogP contribution in [-0.4, -0.2) is 34.6 Å². The molecule has 7 heteroatoms. The number of fused-ring (bicyclic) bond motifs is 1. The summed E-state index contributed by atoms with van der Waals surface area (Å²) in [5, 5.41) is 5.20. The van der Waals surface area contributed by atoms with E-state index in [4.69, 9.17) is 0 Å². The van der Waals surface area contributed by atoms with Gasteiger partial charge in [0.15, 0.2) is 0 Å². The molecule has 1 saturated heterocycles. The molecular weight excluding hydrogens is 346 g/mol. The molecule has 7 nitrogen and oxygen atoms in total. The zero-order valence-electron chi connectivity index (χ0n) is 15.1. The Kier molecular flexibility index (Phi) is 4.09. The van der Waals surface area contributed by atoms with E-state index < -0.39 is 17.4 Å².